The fraction of sp³-hybridized carbons (Fsp3) is 1.00. The molecular weight excluding hydrogens is 252 g/mol. The molecule has 0 aromatic carbocycles. The lowest BCUT2D eigenvalue weighted by Crippen LogP contribution is -2.43. The van der Waals surface area contributed by atoms with Crippen LogP contribution in [-0.2, 0) is 28.4 Å². The number of methoxy groups -OCH3 is 1. The molecule has 1 unspecified atom stereocenters. The Labute approximate surface area is 113 Å². The summed E-state index contributed by atoms with van der Waals surface area (Å²) in [6, 6.07) is 0. The van der Waals surface area contributed by atoms with Crippen molar-refractivity contribution in [3.05, 3.63) is 0 Å². The first-order chi connectivity index (χ1) is 8.81. The summed E-state index contributed by atoms with van der Waals surface area (Å²) in [6.45, 7) is 8.01. The standard InChI is InChI=1S/C13H22O6/c1-12(2)15-6-7(17-12)8-9(14-5)10-11(16-8)19-13(3,4)18-10/h7-11H,6H2,1-5H3/t7-,8-,9+,10?,11-/m1/s1. The molecule has 0 spiro atoms. The monoisotopic (exact) mass is 274 g/mol. The first kappa shape index (κ1) is 13.7. The molecule has 0 radical (unpaired) electrons. The Morgan fingerprint density at radius 1 is 0.947 bits per heavy atom. The number of ether oxygens (including phenoxy) is 6. The van der Waals surface area contributed by atoms with Gasteiger partial charge in [0.15, 0.2) is 17.9 Å². The highest BCUT2D eigenvalue weighted by Crippen LogP contribution is 2.41. The normalized spacial score (nSPS) is 47.5. The molecular formula is C13H22O6. The average Bonchev–Trinajstić information content (AvgIpc) is 2.87. The topological polar surface area (TPSA) is 55.4 Å². The summed E-state index contributed by atoms with van der Waals surface area (Å²) in [5, 5.41) is 0. The average molecular weight is 274 g/mol. The predicted octanol–water partition coefficient (Wildman–Crippen LogP) is 1.03. The zero-order chi connectivity index (χ0) is 13.8. The van der Waals surface area contributed by atoms with E-state index in [-0.39, 0.29) is 24.4 Å². The Kier molecular flexibility index (Phi) is 3.16. The second-order valence-electron chi connectivity index (χ2n) is 6.14. The third-order valence-corrected chi connectivity index (χ3v) is 3.70. The molecule has 0 aliphatic carbocycles. The van der Waals surface area contributed by atoms with E-state index >= 15 is 0 Å². The van der Waals surface area contributed by atoms with Gasteiger partial charge in [0.05, 0.1) is 6.61 Å². The maximum absolute atomic E-state index is 5.92. The van der Waals surface area contributed by atoms with E-state index in [1.54, 1.807) is 7.11 Å². The van der Waals surface area contributed by atoms with Gasteiger partial charge in [-0.3, -0.25) is 0 Å². The van der Waals surface area contributed by atoms with Crippen LogP contribution in [0.1, 0.15) is 27.7 Å². The minimum absolute atomic E-state index is 0.166. The van der Waals surface area contributed by atoms with Gasteiger partial charge in [-0.2, -0.15) is 0 Å². The van der Waals surface area contributed by atoms with Crippen LogP contribution in [0.2, 0.25) is 0 Å². The maximum Gasteiger partial charge on any atom is 0.190 e. The van der Waals surface area contributed by atoms with Gasteiger partial charge in [0, 0.05) is 7.11 Å². The zero-order valence-electron chi connectivity index (χ0n) is 12.0. The molecule has 3 fully saturated rings. The van der Waals surface area contributed by atoms with Crippen LogP contribution >= 0.6 is 0 Å². The third kappa shape index (κ3) is 2.41. The minimum Gasteiger partial charge on any atom is -0.376 e. The quantitative estimate of drug-likeness (QED) is 0.749. The number of fused-ring (bicyclic) bond motifs is 1. The van der Waals surface area contributed by atoms with Gasteiger partial charge >= 0.3 is 0 Å². The third-order valence-electron chi connectivity index (χ3n) is 3.70. The van der Waals surface area contributed by atoms with E-state index in [4.69, 9.17) is 28.4 Å². The summed E-state index contributed by atoms with van der Waals surface area (Å²) in [5.41, 5.74) is 0. The van der Waals surface area contributed by atoms with Crippen molar-refractivity contribution in [2.24, 2.45) is 0 Å². The van der Waals surface area contributed by atoms with Gasteiger partial charge in [0.2, 0.25) is 0 Å². The summed E-state index contributed by atoms with van der Waals surface area (Å²) in [6.07, 6.45) is -1.25. The Morgan fingerprint density at radius 3 is 2.26 bits per heavy atom. The number of hydrogen-bond donors (Lipinski definition) is 0. The lowest BCUT2D eigenvalue weighted by Gasteiger charge is -2.28. The number of rotatable bonds is 2. The van der Waals surface area contributed by atoms with Gasteiger partial charge in [-0.25, -0.2) is 0 Å². The van der Waals surface area contributed by atoms with Crippen molar-refractivity contribution in [3.8, 4) is 0 Å². The van der Waals surface area contributed by atoms with Crippen molar-refractivity contribution in [3.63, 3.8) is 0 Å². The molecule has 6 heteroatoms. The van der Waals surface area contributed by atoms with E-state index in [2.05, 4.69) is 0 Å². The van der Waals surface area contributed by atoms with Crippen LogP contribution in [0, 0.1) is 0 Å². The molecule has 3 aliphatic heterocycles. The van der Waals surface area contributed by atoms with Crippen LogP contribution < -0.4 is 0 Å². The fourth-order valence-corrected chi connectivity index (χ4v) is 2.95. The summed E-state index contributed by atoms with van der Waals surface area (Å²) >= 11 is 0. The Hall–Kier alpha value is -0.240. The second-order valence-corrected chi connectivity index (χ2v) is 6.14. The summed E-state index contributed by atoms with van der Waals surface area (Å²) in [7, 11) is 1.65. The molecule has 0 saturated carbocycles. The van der Waals surface area contributed by atoms with Gasteiger partial charge in [0.1, 0.15) is 24.4 Å². The Morgan fingerprint density at radius 2 is 1.68 bits per heavy atom. The molecule has 0 amide bonds. The van der Waals surface area contributed by atoms with Crippen molar-refractivity contribution >= 4 is 0 Å². The number of hydrogen-bond acceptors (Lipinski definition) is 6. The van der Waals surface area contributed by atoms with Crippen molar-refractivity contribution in [2.45, 2.75) is 70.0 Å². The molecule has 3 saturated heterocycles. The van der Waals surface area contributed by atoms with E-state index in [0.29, 0.717) is 6.61 Å². The second kappa shape index (κ2) is 4.38. The van der Waals surface area contributed by atoms with Gasteiger partial charge < -0.3 is 28.4 Å². The molecule has 0 bridgehead atoms. The largest absolute Gasteiger partial charge is 0.376 e. The minimum atomic E-state index is -0.636. The van der Waals surface area contributed by atoms with Gasteiger partial charge in [-0.05, 0) is 27.7 Å². The van der Waals surface area contributed by atoms with Crippen molar-refractivity contribution in [1.82, 2.24) is 0 Å². The van der Waals surface area contributed by atoms with Crippen molar-refractivity contribution in [2.75, 3.05) is 13.7 Å². The molecule has 0 aromatic heterocycles. The smallest absolute Gasteiger partial charge is 0.190 e. The van der Waals surface area contributed by atoms with Crippen molar-refractivity contribution < 1.29 is 28.4 Å². The molecule has 3 heterocycles. The fourth-order valence-electron chi connectivity index (χ4n) is 2.95. The van der Waals surface area contributed by atoms with Gasteiger partial charge in [-0.15, -0.1) is 0 Å². The summed E-state index contributed by atoms with van der Waals surface area (Å²) < 4.78 is 34.5. The Balaban J connectivity index is 1.72. The van der Waals surface area contributed by atoms with E-state index < -0.39 is 17.9 Å². The highest BCUT2D eigenvalue weighted by molar-refractivity contribution is 4.98. The molecule has 0 aromatic rings. The predicted molar refractivity (Wildman–Crippen MR) is 64.4 cm³/mol. The van der Waals surface area contributed by atoms with Gasteiger partial charge in [0.25, 0.3) is 0 Å². The van der Waals surface area contributed by atoms with E-state index in [1.165, 1.54) is 0 Å². The van der Waals surface area contributed by atoms with Crippen LogP contribution in [0.4, 0.5) is 0 Å². The molecule has 3 rings (SSSR count). The summed E-state index contributed by atoms with van der Waals surface area (Å²) in [5.74, 6) is -1.21. The molecule has 3 aliphatic rings. The Bertz CT molecular complexity index is 355. The van der Waals surface area contributed by atoms with Crippen molar-refractivity contribution in [1.29, 1.82) is 0 Å². The molecule has 5 atom stereocenters. The highest BCUT2D eigenvalue weighted by Gasteiger charge is 2.58. The molecule has 19 heavy (non-hydrogen) atoms. The lowest BCUT2D eigenvalue weighted by atomic mass is 10.1. The first-order valence-corrected chi connectivity index (χ1v) is 6.67. The van der Waals surface area contributed by atoms with Crippen LogP contribution in [-0.4, -0.2) is 56.0 Å². The maximum atomic E-state index is 5.92. The van der Waals surface area contributed by atoms with Crippen LogP contribution in [0.25, 0.3) is 0 Å². The highest BCUT2D eigenvalue weighted by atomic mass is 16.8. The van der Waals surface area contributed by atoms with E-state index in [1.807, 2.05) is 27.7 Å². The molecule has 0 N–H and O–H groups in total. The van der Waals surface area contributed by atoms with Crippen LogP contribution in [0.3, 0.4) is 0 Å². The van der Waals surface area contributed by atoms with Crippen LogP contribution in [0.5, 0.6) is 0 Å². The zero-order valence-corrected chi connectivity index (χ0v) is 12.0. The first-order valence-electron chi connectivity index (χ1n) is 6.67. The molecule has 6 nitrogen and oxygen atoms in total. The van der Waals surface area contributed by atoms with E-state index in [0.717, 1.165) is 0 Å². The SMILES string of the molecule is CO[C@@H]1C2OC(C)(C)O[C@H]2O[C@@H]1[C@H]1COC(C)(C)O1. The van der Waals surface area contributed by atoms with E-state index in [9.17, 15) is 0 Å². The van der Waals surface area contributed by atoms with Crippen LogP contribution in [0.15, 0.2) is 0 Å². The lowest BCUT2D eigenvalue weighted by molar-refractivity contribution is -0.234. The molecule has 110 valence electrons. The van der Waals surface area contributed by atoms with Gasteiger partial charge in [-0.1, -0.05) is 0 Å². The summed E-state index contributed by atoms with van der Waals surface area (Å²) in [4.78, 5) is 0.